The van der Waals surface area contributed by atoms with E-state index in [9.17, 15) is 9.90 Å². The van der Waals surface area contributed by atoms with Gasteiger partial charge in [-0.25, -0.2) is 0 Å². The fourth-order valence-electron chi connectivity index (χ4n) is 1.72. The van der Waals surface area contributed by atoms with Crippen LogP contribution in [0.4, 0.5) is 0 Å². The van der Waals surface area contributed by atoms with Crippen molar-refractivity contribution in [1.82, 2.24) is 0 Å². The van der Waals surface area contributed by atoms with Gasteiger partial charge < -0.3 is 14.6 Å². The molecular formula is C13H13O3-. The number of hydrogen-bond acceptors (Lipinski definition) is 3. The van der Waals surface area contributed by atoms with Gasteiger partial charge in [0.15, 0.2) is 0 Å². The molecule has 84 valence electrons. The summed E-state index contributed by atoms with van der Waals surface area (Å²) < 4.78 is 5.69. The third kappa shape index (κ3) is 2.63. The van der Waals surface area contributed by atoms with Crippen LogP contribution in [0.25, 0.3) is 0 Å². The third-order valence-electron chi connectivity index (χ3n) is 2.59. The standard InChI is InChI=1S/C13H14O3/c14-13(15)10-6-8-12(9-7-10)16-11-4-2-1-3-5-11/h2,4,6-9,11H,1,3,5H2,(H,14,15)/p-1. The minimum atomic E-state index is -1.16. The molecule has 0 fully saturated rings. The molecule has 0 saturated carbocycles. The zero-order valence-electron chi connectivity index (χ0n) is 8.89. The number of carbonyl (C=O) groups excluding carboxylic acids is 1. The first-order valence-electron chi connectivity index (χ1n) is 5.40. The van der Waals surface area contributed by atoms with E-state index in [4.69, 9.17) is 4.74 Å². The van der Waals surface area contributed by atoms with Crippen molar-refractivity contribution in [2.24, 2.45) is 0 Å². The van der Waals surface area contributed by atoms with Crippen LogP contribution in [0.1, 0.15) is 29.6 Å². The van der Waals surface area contributed by atoms with Crippen LogP contribution in [0.2, 0.25) is 0 Å². The molecule has 0 spiro atoms. The summed E-state index contributed by atoms with van der Waals surface area (Å²) in [4.78, 5) is 10.5. The highest BCUT2D eigenvalue weighted by molar-refractivity contribution is 5.85. The molecule has 0 amide bonds. The number of hydrogen-bond donors (Lipinski definition) is 0. The van der Waals surface area contributed by atoms with Gasteiger partial charge in [0.25, 0.3) is 0 Å². The molecule has 2 rings (SSSR count). The van der Waals surface area contributed by atoms with E-state index < -0.39 is 5.97 Å². The van der Waals surface area contributed by atoms with E-state index >= 15 is 0 Å². The van der Waals surface area contributed by atoms with Gasteiger partial charge in [-0.2, -0.15) is 0 Å². The number of carboxylic acids is 1. The Morgan fingerprint density at radius 1 is 1.31 bits per heavy atom. The molecule has 16 heavy (non-hydrogen) atoms. The van der Waals surface area contributed by atoms with E-state index in [1.807, 2.05) is 0 Å². The lowest BCUT2D eigenvalue weighted by atomic mass is 10.1. The van der Waals surface area contributed by atoms with Gasteiger partial charge >= 0.3 is 0 Å². The van der Waals surface area contributed by atoms with Crippen molar-refractivity contribution >= 4 is 5.97 Å². The van der Waals surface area contributed by atoms with Gasteiger partial charge in [-0.15, -0.1) is 0 Å². The zero-order chi connectivity index (χ0) is 11.4. The normalized spacial score (nSPS) is 19.4. The lowest BCUT2D eigenvalue weighted by Crippen LogP contribution is -2.22. The molecule has 3 heteroatoms. The molecule has 1 aromatic carbocycles. The van der Waals surface area contributed by atoms with E-state index in [2.05, 4.69) is 12.2 Å². The van der Waals surface area contributed by atoms with Crippen molar-refractivity contribution in [2.75, 3.05) is 0 Å². The van der Waals surface area contributed by atoms with Gasteiger partial charge in [0.2, 0.25) is 0 Å². The second kappa shape index (κ2) is 4.84. The van der Waals surface area contributed by atoms with Gasteiger partial charge in [0, 0.05) is 0 Å². The smallest absolute Gasteiger partial charge is 0.120 e. The highest BCUT2D eigenvalue weighted by Gasteiger charge is 2.09. The molecule has 0 bridgehead atoms. The molecule has 0 radical (unpaired) electrons. The number of benzene rings is 1. The molecule has 1 unspecified atom stereocenters. The molecule has 0 aromatic heterocycles. The van der Waals surface area contributed by atoms with Gasteiger partial charge in [0.05, 0.1) is 5.97 Å². The fourth-order valence-corrected chi connectivity index (χ4v) is 1.72. The first-order chi connectivity index (χ1) is 7.75. The number of carboxylic acid groups (broad SMARTS) is 1. The van der Waals surface area contributed by atoms with Gasteiger partial charge in [-0.3, -0.25) is 0 Å². The summed E-state index contributed by atoms with van der Waals surface area (Å²) in [5.41, 5.74) is 0.173. The fraction of sp³-hybridized carbons (Fsp3) is 0.308. The average molecular weight is 217 g/mol. The molecule has 1 atom stereocenters. The predicted molar refractivity (Wildman–Crippen MR) is 58.2 cm³/mol. The highest BCUT2D eigenvalue weighted by atomic mass is 16.5. The molecule has 0 saturated heterocycles. The lowest BCUT2D eigenvalue weighted by molar-refractivity contribution is -0.255. The molecule has 1 aliphatic rings. The Morgan fingerprint density at radius 3 is 2.62 bits per heavy atom. The van der Waals surface area contributed by atoms with Crippen LogP contribution < -0.4 is 9.84 Å². The van der Waals surface area contributed by atoms with Gasteiger partial charge in [-0.05, 0) is 55.2 Å². The van der Waals surface area contributed by atoms with E-state index in [1.54, 1.807) is 12.1 Å². The molecule has 0 aliphatic heterocycles. The molecule has 0 N–H and O–H groups in total. The zero-order valence-corrected chi connectivity index (χ0v) is 8.89. The Kier molecular flexibility index (Phi) is 3.25. The van der Waals surface area contributed by atoms with Crippen molar-refractivity contribution in [1.29, 1.82) is 0 Å². The Hall–Kier alpha value is -1.77. The largest absolute Gasteiger partial charge is 0.545 e. The highest BCUT2D eigenvalue weighted by Crippen LogP contribution is 2.19. The topological polar surface area (TPSA) is 49.4 Å². The van der Waals surface area contributed by atoms with Crippen LogP contribution in [0.5, 0.6) is 5.75 Å². The van der Waals surface area contributed by atoms with Crippen LogP contribution in [0.15, 0.2) is 36.4 Å². The molecule has 1 aromatic rings. The van der Waals surface area contributed by atoms with Crippen molar-refractivity contribution in [2.45, 2.75) is 25.4 Å². The quantitative estimate of drug-likeness (QED) is 0.721. The Balaban J connectivity index is 2.02. The molecule has 0 heterocycles. The molecule has 1 aliphatic carbocycles. The summed E-state index contributed by atoms with van der Waals surface area (Å²) in [7, 11) is 0. The summed E-state index contributed by atoms with van der Waals surface area (Å²) in [5.74, 6) is -0.467. The minimum absolute atomic E-state index is 0.113. The van der Waals surface area contributed by atoms with Crippen molar-refractivity contribution in [3.63, 3.8) is 0 Å². The first kappa shape index (κ1) is 10.7. The average Bonchev–Trinajstić information content (AvgIpc) is 2.31. The summed E-state index contributed by atoms with van der Waals surface area (Å²) in [6.07, 6.45) is 7.54. The lowest BCUT2D eigenvalue weighted by Gasteiger charge is -2.18. The number of ether oxygens (including phenoxy) is 1. The van der Waals surface area contributed by atoms with E-state index in [0.29, 0.717) is 5.75 Å². The van der Waals surface area contributed by atoms with E-state index in [0.717, 1.165) is 19.3 Å². The van der Waals surface area contributed by atoms with E-state index in [1.165, 1.54) is 12.1 Å². The van der Waals surface area contributed by atoms with Gasteiger partial charge in [-0.1, -0.05) is 6.08 Å². The Labute approximate surface area is 94.4 Å². The Morgan fingerprint density at radius 2 is 2.06 bits per heavy atom. The summed E-state index contributed by atoms with van der Waals surface area (Å²) >= 11 is 0. The van der Waals surface area contributed by atoms with E-state index in [-0.39, 0.29) is 11.7 Å². The molecular weight excluding hydrogens is 204 g/mol. The summed E-state index contributed by atoms with van der Waals surface area (Å²) in [6.45, 7) is 0. The van der Waals surface area contributed by atoms with Crippen molar-refractivity contribution in [3.8, 4) is 5.75 Å². The number of aromatic carboxylic acids is 1. The summed E-state index contributed by atoms with van der Waals surface area (Å²) in [6, 6.07) is 6.32. The second-order valence-electron chi connectivity index (χ2n) is 3.83. The number of carbonyl (C=O) groups is 1. The maximum absolute atomic E-state index is 10.5. The predicted octanol–water partition coefficient (Wildman–Crippen LogP) is 1.54. The van der Waals surface area contributed by atoms with Crippen LogP contribution >= 0.6 is 0 Å². The first-order valence-corrected chi connectivity index (χ1v) is 5.40. The van der Waals surface area contributed by atoms with Crippen LogP contribution in [0.3, 0.4) is 0 Å². The Bertz CT molecular complexity index is 392. The molecule has 3 nitrogen and oxygen atoms in total. The van der Waals surface area contributed by atoms with Crippen molar-refractivity contribution in [3.05, 3.63) is 42.0 Å². The maximum atomic E-state index is 10.5. The second-order valence-corrected chi connectivity index (χ2v) is 3.83. The monoisotopic (exact) mass is 217 g/mol. The van der Waals surface area contributed by atoms with Crippen molar-refractivity contribution < 1.29 is 14.6 Å². The SMILES string of the molecule is O=C([O-])c1ccc(OC2C=CCCC2)cc1. The maximum Gasteiger partial charge on any atom is 0.120 e. The van der Waals surface area contributed by atoms with Crippen LogP contribution in [-0.2, 0) is 0 Å². The number of rotatable bonds is 3. The van der Waals surface area contributed by atoms with Gasteiger partial charge in [0.1, 0.15) is 11.9 Å². The van der Waals surface area contributed by atoms with Crippen LogP contribution in [0, 0.1) is 0 Å². The van der Waals surface area contributed by atoms with Crippen LogP contribution in [-0.4, -0.2) is 12.1 Å². The third-order valence-corrected chi connectivity index (χ3v) is 2.59. The number of allylic oxidation sites excluding steroid dienone is 1. The minimum Gasteiger partial charge on any atom is -0.545 e. The summed E-state index contributed by atoms with van der Waals surface area (Å²) in [5, 5.41) is 10.5.